The number of carbonyl (C=O) groups excluding carboxylic acids is 1. The summed E-state index contributed by atoms with van der Waals surface area (Å²) in [6, 6.07) is 6.92. The number of rotatable bonds is 4. The van der Waals surface area contributed by atoms with E-state index in [-0.39, 0.29) is 17.9 Å². The van der Waals surface area contributed by atoms with Gasteiger partial charge in [0.1, 0.15) is 11.6 Å². The highest BCUT2D eigenvalue weighted by Crippen LogP contribution is 2.25. The van der Waals surface area contributed by atoms with Crippen LogP contribution in [0, 0.1) is 5.82 Å². The molecule has 0 aliphatic carbocycles. The molecule has 2 aliphatic rings. The van der Waals surface area contributed by atoms with Gasteiger partial charge < -0.3 is 15.8 Å². The molecule has 1 aromatic carbocycles. The van der Waals surface area contributed by atoms with E-state index < -0.39 is 21.9 Å². The average molecular weight is 435 g/mol. The van der Waals surface area contributed by atoms with Crippen molar-refractivity contribution in [2.24, 2.45) is 0 Å². The molecule has 1 aromatic heterocycles. The van der Waals surface area contributed by atoms with E-state index in [0.29, 0.717) is 56.2 Å². The second kappa shape index (κ2) is 8.26. The first kappa shape index (κ1) is 20.7. The molecule has 11 heteroatoms. The van der Waals surface area contributed by atoms with Gasteiger partial charge in [-0.05, 0) is 35.9 Å². The van der Waals surface area contributed by atoms with Crippen molar-refractivity contribution in [3.8, 4) is 0 Å². The van der Waals surface area contributed by atoms with Crippen molar-refractivity contribution in [2.75, 3.05) is 43.9 Å². The van der Waals surface area contributed by atoms with Crippen molar-refractivity contribution in [2.45, 2.75) is 13.0 Å². The highest BCUT2D eigenvalue weighted by molar-refractivity contribution is 7.86. The number of hydrogen-bond donors (Lipinski definition) is 2. The van der Waals surface area contributed by atoms with Crippen LogP contribution in [0.4, 0.5) is 15.9 Å². The highest BCUT2D eigenvalue weighted by Gasteiger charge is 2.34. The molecule has 4 rings (SSSR count). The highest BCUT2D eigenvalue weighted by atomic mass is 32.2. The van der Waals surface area contributed by atoms with Crippen LogP contribution in [0.25, 0.3) is 0 Å². The fraction of sp³-hybridized carbons (Fsp3) is 0.368. The first-order chi connectivity index (χ1) is 14.3. The Morgan fingerprint density at radius 1 is 1.13 bits per heavy atom. The number of nitrogens with zero attached hydrogens (tertiary/aromatic N) is 3. The van der Waals surface area contributed by atoms with Crippen LogP contribution in [0.1, 0.15) is 21.6 Å². The van der Waals surface area contributed by atoms with Crippen molar-refractivity contribution in [1.29, 1.82) is 0 Å². The third kappa shape index (κ3) is 4.15. The van der Waals surface area contributed by atoms with Crippen LogP contribution in [0.5, 0.6) is 0 Å². The minimum Gasteiger partial charge on any atom is -0.383 e. The molecular formula is C19H22FN5O4S. The molecule has 0 atom stereocenters. The first-order valence-corrected chi connectivity index (χ1v) is 10.9. The zero-order valence-corrected chi connectivity index (χ0v) is 17.0. The molecule has 0 radical (unpaired) electrons. The maximum absolute atomic E-state index is 13.1. The molecule has 0 unspecified atom stereocenters. The number of fused-ring (bicyclic) bond motifs is 1. The third-order valence-corrected chi connectivity index (χ3v) is 7.12. The van der Waals surface area contributed by atoms with Crippen LogP contribution in [0.15, 0.2) is 30.3 Å². The summed E-state index contributed by atoms with van der Waals surface area (Å²) in [5.41, 5.74) is 7.84. The molecule has 30 heavy (non-hydrogen) atoms. The molecule has 2 aromatic rings. The summed E-state index contributed by atoms with van der Waals surface area (Å²) in [5.74, 6) is -0.843. The van der Waals surface area contributed by atoms with Crippen LogP contribution in [-0.4, -0.2) is 60.8 Å². The predicted molar refractivity (Wildman–Crippen MR) is 108 cm³/mol. The van der Waals surface area contributed by atoms with Crippen molar-refractivity contribution in [3.63, 3.8) is 0 Å². The van der Waals surface area contributed by atoms with Crippen LogP contribution in [0.3, 0.4) is 0 Å². The van der Waals surface area contributed by atoms with Crippen LogP contribution in [-0.2, 0) is 27.9 Å². The summed E-state index contributed by atoms with van der Waals surface area (Å²) in [6.45, 7) is 1.78. The van der Waals surface area contributed by atoms with Gasteiger partial charge in [0.25, 0.3) is 16.1 Å². The third-order valence-electron chi connectivity index (χ3n) is 5.13. The van der Waals surface area contributed by atoms with E-state index in [2.05, 4.69) is 10.3 Å². The number of hydrogen-bond acceptors (Lipinski definition) is 6. The lowest BCUT2D eigenvalue weighted by Gasteiger charge is -2.34. The Balaban J connectivity index is 1.55. The molecule has 1 fully saturated rings. The Labute approximate surface area is 173 Å². The lowest BCUT2D eigenvalue weighted by atomic mass is 10.0. The minimum absolute atomic E-state index is 0.0675. The number of morpholine rings is 1. The van der Waals surface area contributed by atoms with E-state index in [1.54, 1.807) is 6.07 Å². The average Bonchev–Trinajstić information content (AvgIpc) is 2.75. The van der Waals surface area contributed by atoms with Gasteiger partial charge in [0.05, 0.1) is 18.8 Å². The topological polar surface area (TPSA) is 118 Å². The van der Waals surface area contributed by atoms with Crippen molar-refractivity contribution < 1.29 is 22.3 Å². The van der Waals surface area contributed by atoms with E-state index >= 15 is 0 Å². The van der Waals surface area contributed by atoms with E-state index in [1.807, 2.05) is 0 Å². The van der Waals surface area contributed by atoms with Gasteiger partial charge in [-0.1, -0.05) is 0 Å². The zero-order chi connectivity index (χ0) is 21.3. The molecule has 3 N–H and O–H groups in total. The number of anilines is 2. The summed E-state index contributed by atoms with van der Waals surface area (Å²) in [7, 11) is -3.63. The number of aromatic nitrogens is 1. The number of nitrogens with two attached hydrogens (primary N) is 1. The Bertz CT molecular complexity index is 1060. The first-order valence-electron chi connectivity index (χ1n) is 9.53. The number of nitrogen functional groups attached to an aromatic ring is 1. The standard InChI is InChI=1S/C19H22FN5O4S/c20-14-1-3-15(4-2-14)22-19(26)16-11-13-12-25(6-5-17(13)23-18(16)21)30(27,28)24-7-9-29-10-8-24/h1-4,11H,5-10,12H2,(H2,21,23)(H,22,26). The van der Waals surface area contributed by atoms with Gasteiger partial charge in [-0.25, -0.2) is 9.37 Å². The molecule has 160 valence electrons. The van der Waals surface area contributed by atoms with Gasteiger partial charge in [0.15, 0.2) is 0 Å². The molecule has 1 amide bonds. The second-order valence-electron chi connectivity index (χ2n) is 7.09. The summed E-state index contributed by atoms with van der Waals surface area (Å²) in [4.78, 5) is 17.0. The fourth-order valence-corrected chi connectivity index (χ4v) is 5.07. The number of amides is 1. The van der Waals surface area contributed by atoms with Crippen molar-refractivity contribution in [1.82, 2.24) is 13.6 Å². The molecule has 0 spiro atoms. The van der Waals surface area contributed by atoms with Gasteiger partial charge in [0.2, 0.25) is 0 Å². The summed E-state index contributed by atoms with van der Waals surface area (Å²) < 4.78 is 47.0. The number of nitrogens with one attached hydrogen (secondary N) is 1. The van der Waals surface area contributed by atoms with Crippen LogP contribution < -0.4 is 11.1 Å². The van der Waals surface area contributed by atoms with E-state index in [4.69, 9.17) is 10.5 Å². The lowest BCUT2D eigenvalue weighted by Crippen LogP contribution is -2.49. The Morgan fingerprint density at radius 2 is 1.83 bits per heavy atom. The molecule has 1 saturated heterocycles. The number of halogens is 1. The quantitative estimate of drug-likeness (QED) is 0.740. The number of benzene rings is 1. The lowest BCUT2D eigenvalue weighted by molar-refractivity contribution is 0.0698. The van der Waals surface area contributed by atoms with Gasteiger partial charge in [-0.2, -0.15) is 17.0 Å². The molecular weight excluding hydrogens is 413 g/mol. The number of ether oxygens (including phenoxy) is 1. The van der Waals surface area contributed by atoms with Crippen LogP contribution >= 0.6 is 0 Å². The smallest absolute Gasteiger partial charge is 0.282 e. The number of pyridine rings is 1. The predicted octanol–water partition coefficient (Wildman–Crippen LogP) is 0.990. The summed E-state index contributed by atoms with van der Waals surface area (Å²) in [5, 5.41) is 2.65. The Kier molecular flexibility index (Phi) is 5.69. The Morgan fingerprint density at radius 3 is 2.53 bits per heavy atom. The normalized spacial score (nSPS) is 18.0. The number of carbonyl (C=O) groups is 1. The molecule has 3 heterocycles. The van der Waals surface area contributed by atoms with Gasteiger partial charge >= 0.3 is 0 Å². The maximum atomic E-state index is 13.1. The monoisotopic (exact) mass is 435 g/mol. The second-order valence-corrected chi connectivity index (χ2v) is 9.02. The molecule has 9 nitrogen and oxygen atoms in total. The van der Waals surface area contributed by atoms with E-state index in [9.17, 15) is 17.6 Å². The Hall–Kier alpha value is -2.60. The van der Waals surface area contributed by atoms with E-state index in [0.717, 1.165) is 0 Å². The summed E-state index contributed by atoms with van der Waals surface area (Å²) >= 11 is 0. The molecule has 0 saturated carbocycles. The van der Waals surface area contributed by atoms with Gasteiger partial charge in [-0.15, -0.1) is 0 Å². The van der Waals surface area contributed by atoms with Crippen LogP contribution in [0.2, 0.25) is 0 Å². The molecule has 0 bridgehead atoms. The molecule has 2 aliphatic heterocycles. The fourth-order valence-electron chi connectivity index (χ4n) is 3.51. The van der Waals surface area contributed by atoms with E-state index in [1.165, 1.54) is 32.9 Å². The largest absolute Gasteiger partial charge is 0.383 e. The zero-order valence-electron chi connectivity index (χ0n) is 16.2. The maximum Gasteiger partial charge on any atom is 0.282 e. The van der Waals surface area contributed by atoms with Crippen molar-refractivity contribution >= 4 is 27.6 Å². The SMILES string of the molecule is Nc1nc2c(cc1C(=O)Nc1ccc(F)cc1)CN(S(=O)(=O)N1CCOCC1)CC2. The summed E-state index contributed by atoms with van der Waals surface area (Å²) in [6.07, 6.45) is 0.406. The van der Waals surface area contributed by atoms with Gasteiger partial charge in [0, 0.05) is 44.0 Å². The minimum atomic E-state index is -3.63. The van der Waals surface area contributed by atoms with Gasteiger partial charge in [-0.3, -0.25) is 4.79 Å². The van der Waals surface area contributed by atoms with Crippen molar-refractivity contribution in [3.05, 3.63) is 53.0 Å².